The van der Waals surface area contributed by atoms with Crippen molar-refractivity contribution in [2.75, 3.05) is 17.8 Å². The van der Waals surface area contributed by atoms with E-state index in [-0.39, 0.29) is 23.8 Å². The molecule has 0 amide bonds. The minimum Gasteiger partial charge on any atom is -0.462 e. The maximum atomic E-state index is 13.0. The number of nitrogens with one attached hydrogen (secondary N) is 1. The monoisotopic (exact) mass is 304 g/mol. The zero-order chi connectivity index (χ0) is 16.3. The van der Waals surface area contributed by atoms with E-state index in [0.717, 1.165) is 0 Å². The maximum Gasteiger partial charge on any atom is 0.344 e. The van der Waals surface area contributed by atoms with E-state index in [0.29, 0.717) is 22.5 Å². The molecule has 7 heteroatoms. The molecule has 2 rings (SSSR count). The Kier molecular flexibility index (Phi) is 4.57. The third-order valence-corrected chi connectivity index (χ3v) is 3.21. The number of nitrogens with two attached hydrogens (primary N) is 2. The summed E-state index contributed by atoms with van der Waals surface area (Å²) in [7, 11) is 0. The van der Waals surface area contributed by atoms with Crippen LogP contribution in [0.1, 0.15) is 22.8 Å². The predicted octanol–water partition coefficient (Wildman–Crippen LogP) is 2.24. The van der Waals surface area contributed by atoms with Gasteiger partial charge in [-0.1, -0.05) is 0 Å². The summed E-state index contributed by atoms with van der Waals surface area (Å²) in [5.74, 6) is 4.57. The molecule has 0 fully saturated rings. The van der Waals surface area contributed by atoms with Crippen molar-refractivity contribution in [3.63, 3.8) is 0 Å². The van der Waals surface area contributed by atoms with Crippen LogP contribution in [-0.4, -0.2) is 17.6 Å². The number of nitrogens with zero attached hydrogens (tertiary/aromatic N) is 1. The van der Waals surface area contributed by atoms with Crippen molar-refractivity contribution in [1.82, 2.24) is 4.98 Å². The van der Waals surface area contributed by atoms with E-state index < -0.39 is 5.97 Å². The number of anilines is 2. The van der Waals surface area contributed by atoms with E-state index in [2.05, 4.69) is 10.4 Å². The number of carbonyl (C=O) groups excluding carboxylic acids is 1. The average molecular weight is 304 g/mol. The van der Waals surface area contributed by atoms with E-state index in [4.69, 9.17) is 16.3 Å². The highest BCUT2D eigenvalue weighted by Gasteiger charge is 2.22. The van der Waals surface area contributed by atoms with Gasteiger partial charge in [-0.2, -0.15) is 0 Å². The van der Waals surface area contributed by atoms with Gasteiger partial charge in [0, 0.05) is 11.1 Å². The molecule has 1 heterocycles. The first-order valence-electron chi connectivity index (χ1n) is 6.69. The highest BCUT2D eigenvalue weighted by molar-refractivity contribution is 6.02. The van der Waals surface area contributed by atoms with Crippen LogP contribution in [0.3, 0.4) is 0 Å². The lowest BCUT2D eigenvalue weighted by molar-refractivity contribution is 0.0528. The van der Waals surface area contributed by atoms with Gasteiger partial charge in [-0.15, -0.1) is 0 Å². The van der Waals surface area contributed by atoms with Crippen molar-refractivity contribution in [1.29, 1.82) is 0 Å². The van der Waals surface area contributed by atoms with Crippen molar-refractivity contribution in [3.05, 3.63) is 41.2 Å². The summed E-state index contributed by atoms with van der Waals surface area (Å²) in [5, 5.41) is 0. The number of ether oxygens (including phenoxy) is 1. The largest absolute Gasteiger partial charge is 0.462 e. The molecule has 6 nitrogen and oxygen atoms in total. The van der Waals surface area contributed by atoms with Crippen LogP contribution < -0.4 is 17.0 Å². The highest BCUT2D eigenvalue weighted by Crippen LogP contribution is 2.32. The van der Waals surface area contributed by atoms with Crippen LogP contribution in [0, 0.1) is 12.7 Å². The maximum absolute atomic E-state index is 13.0. The lowest BCUT2D eigenvalue weighted by Gasteiger charge is -2.16. The van der Waals surface area contributed by atoms with Crippen LogP contribution in [0.4, 0.5) is 15.9 Å². The second-order valence-corrected chi connectivity index (χ2v) is 4.59. The minimum absolute atomic E-state index is 0.00340. The van der Waals surface area contributed by atoms with Crippen LogP contribution in [0.25, 0.3) is 11.3 Å². The van der Waals surface area contributed by atoms with Gasteiger partial charge < -0.3 is 15.9 Å². The molecule has 116 valence electrons. The van der Waals surface area contributed by atoms with E-state index in [1.165, 1.54) is 12.1 Å². The summed E-state index contributed by atoms with van der Waals surface area (Å²) in [5.41, 5.74) is 10.6. The molecule has 0 unspecified atom stereocenters. The lowest BCUT2D eigenvalue weighted by Crippen LogP contribution is -2.18. The number of pyridine rings is 1. The molecule has 0 saturated heterocycles. The lowest BCUT2D eigenvalue weighted by atomic mass is 10.0. The van der Waals surface area contributed by atoms with Crippen molar-refractivity contribution >= 4 is 17.5 Å². The molecule has 0 bridgehead atoms. The Labute approximate surface area is 127 Å². The second-order valence-electron chi connectivity index (χ2n) is 4.59. The van der Waals surface area contributed by atoms with Crippen molar-refractivity contribution in [2.24, 2.45) is 5.84 Å². The highest BCUT2D eigenvalue weighted by atomic mass is 19.1. The fourth-order valence-corrected chi connectivity index (χ4v) is 2.17. The topological polar surface area (TPSA) is 103 Å². The number of hydrogen-bond acceptors (Lipinski definition) is 6. The summed E-state index contributed by atoms with van der Waals surface area (Å²) in [6.07, 6.45) is 0. The molecule has 0 aliphatic heterocycles. The number of aromatic nitrogens is 1. The number of carbonyl (C=O) groups is 1. The number of nitrogen functional groups attached to an aromatic ring is 2. The Hall–Kier alpha value is -2.67. The molecule has 0 radical (unpaired) electrons. The number of hydrazine groups is 1. The number of esters is 1. The van der Waals surface area contributed by atoms with Crippen molar-refractivity contribution in [3.8, 4) is 11.3 Å². The molecule has 22 heavy (non-hydrogen) atoms. The summed E-state index contributed by atoms with van der Waals surface area (Å²) in [6.45, 7) is 3.64. The molecule has 0 aliphatic carbocycles. The average Bonchev–Trinajstić information content (AvgIpc) is 2.49. The number of rotatable bonds is 4. The summed E-state index contributed by atoms with van der Waals surface area (Å²) in [4.78, 5) is 16.2. The zero-order valence-corrected chi connectivity index (χ0v) is 12.3. The third kappa shape index (κ3) is 2.84. The van der Waals surface area contributed by atoms with E-state index in [9.17, 15) is 9.18 Å². The van der Waals surface area contributed by atoms with Gasteiger partial charge in [0.2, 0.25) is 0 Å². The molecule has 0 spiro atoms. The molecule has 0 aliphatic rings. The van der Waals surface area contributed by atoms with Crippen LogP contribution in [-0.2, 0) is 4.74 Å². The van der Waals surface area contributed by atoms with Gasteiger partial charge in [0.15, 0.2) is 0 Å². The molecule has 2 aromatic rings. The molecular formula is C15H17FN4O2. The van der Waals surface area contributed by atoms with Crippen molar-refractivity contribution in [2.45, 2.75) is 13.8 Å². The van der Waals surface area contributed by atoms with Crippen molar-refractivity contribution < 1.29 is 13.9 Å². The van der Waals surface area contributed by atoms with Crippen LogP contribution >= 0.6 is 0 Å². The SMILES string of the molecule is CCOC(=O)c1c(N)nc(-c2ccc(F)cc2)c(C)c1NN. The second kappa shape index (κ2) is 6.40. The van der Waals surface area contributed by atoms with E-state index in [1.807, 2.05) is 0 Å². The first kappa shape index (κ1) is 15.7. The van der Waals surface area contributed by atoms with Gasteiger partial charge in [0.25, 0.3) is 0 Å². The van der Waals surface area contributed by atoms with Gasteiger partial charge in [0.1, 0.15) is 17.2 Å². The van der Waals surface area contributed by atoms with Gasteiger partial charge in [-0.3, -0.25) is 5.84 Å². The molecule has 5 N–H and O–H groups in total. The Morgan fingerprint density at radius 1 is 1.36 bits per heavy atom. The number of hydrogen-bond donors (Lipinski definition) is 3. The molecule has 1 aromatic heterocycles. The van der Waals surface area contributed by atoms with Gasteiger partial charge in [-0.05, 0) is 38.1 Å². The predicted molar refractivity (Wildman–Crippen MR) is 82.5 cm³/mol. The molecular weight excluding hydrogens is 287 g/mol. The summed E-state index contributed by atoms with van der Waals surface area (Å²) >= 11 is 0. The quantitative estimate of drug-likeness (QED) is 0.455. The smallest absolute Gasteiger partial charge is 0.344 e. The first-order valence-corrected chi connectivity index (χ1v) is 6.69. The number of halogens is 1. The van der Waals surface area contributed by atoms with Crippen LogP contribution in [0.2, 0.25) is 0 Å². The normalized spacial score (nSPS) is 10.4. The van der Waals surface area contributed by atoms with Gasteiger partial charge >= 0.3 is 5.97 Å². The summed E-state index contributed by atoms with van der Waals surface area (Å²) < 4.78 is 18.0. The number of benzene rings is 1. The molecule has 0 saturated carbocycles. The zero-order valence-electron chi connectivity index (χ0n) is 12.3. The van der Waals surface area contributed by atoms with E-state index >= 15 is 0 Å². The van der Waals surface area contributed by atoms with Gasteiger partial charge in [-0.25, -0.2) is 14.2 Å². The fourth-order valence-electron chi connectivity index (χ4n) is 2.17. The van der Waals surface area contributed by atoms with E-state index in [1.54, 1.807) is 26.0 Å². The van der Waals surface area contributed by atoms with Gasteiger partial charge in [0.05, 0.1) is 18.0 Å². The molecule has 1 aromatic carbocycles. The standard InChI is InChI=1S/C15H17FN4O2/c1-3-22-15(21)11-13(20-18)8(2)12(19-14(11)17)9-4-6-10(16)7-5-9/h4-7H,3,18H2,1-2H3,(H3,17,19,20). The third-order valence-electron chi connectivity index (χ3n) is 3.21. The Morgan fingerprint density at radius 2 is 2.00 bits per heavy atom. The fraction of sp³-hybridized carbons (Fsp3) is 0.200. The Balaban J connectivity index is 2.62. The first-order chi connectivity index (χ1) is 10.5. The van der Waals surface area contributed by atoms with Crippen LogP contribution in [0.15, 0.2) is 24.3 Å². The molecule has 0 atom stereocenters. The minimum atomic E-state index is -0.603. The Bertz CT molecular complexity index is 702. The Morgan fingerprint density at radius 3 is 2.55 bits per heavy atom. The van der Waals surface area contributed by atoms with Crippen LogP contribution in [0.5, 0.6) is 0 Å². The summed E-state index contributed by atoms with van der Waals surface area (Å²) in [6, 6.07) is 5.80.